The van der Waals surface area contributed by atoms with Gasteiger partial charge >= 0.3 is 0 Å². The lowest BCUT2D eigenvalue weighted by Gasteiger charge is -2.16. The zero-order valence-corrected chi connectivity index (χ0v) is 14.2. The molecule has 0 saturated carbocycles. The lowest BCUT2D eigenvalue weighted by molar-refractivity contribution is 0.555. The first kappa shape index (κ1) is 16.1. The highest BCUT2D eigenvalue weighted by Crippen LogP contribution is 2.26. The van der Waals surface area contributed by atoms with Gasteiger partial charge in [-0.05, 0) is 24.6 Å². The Morgan fingerprint density at radius 3 is 2.50 bits per heavy atom. The van der Waals surface area contributed by atoms with Crippen molar-refractivity contribution in [3.05, 3.63) is 32.7 Å². The van der Waals surface area contributed by atoms with Crippen molar-refractivity contribution >= 4 is 41.9 Å². The van der Waals surface area contributed by atoms with Gasteiger partial charge < -0.3 is 5.32 Å². The molecule has 0 heterocycles. The molecule has 0 spiro atoms. The van der Waals surface area contributed by atoms with Crippen LogP contribution >= 0.6 is 31.9 Å². The first-order chi connectivity index (χ1) is 8.29. The molecule has 18 heavy (non-hydrogen) atoms. The molecule has 7 heteroatoms. The molecule has 0 aromatic heterocycles. The Morgan fingerprint density at radius 2 is 1.94 bits per heavy atom. The number of hydrogen-bond donors (Lipinski definition) is 2. The van der Waals surface area contributed by atoms with Crippen LogP contribution in [0.25, 0.3) is 0 Å². The standard InChI is InChI=1S/C11H16Br2N2O2S/c1-8(14-5-6-15-18(2,16)17)10-4-3-9(12)7-11(10)13/h3-4,7-8,14-15H,5-6H2,1-2H3. The van der Waals surface area contributed by atoms with E-state index in [1.165, 1.54) is 0 Å². The summed E-state index contributed by atoms with van der Waals surface area (Å²) >= 11 is 6.91. The number of benzene rings is 1. The zero-order chi connectivity index (χ0) is 13.8. The second-order valence-corrected chi connectivity index (χ2v) is 7.61. The van der Waals surface area contributed by atoms with E-state index < -0.39 is 10.0 Å². The fraction of sp³-hybridized carbons (Fsp3) is 0.455. The van der Waals surface area contributed by atoms with E-state index in [0.29, 0.717) is 13.1 Å². The normalized spacial score (nSPS) is 13.6. The van der Waals surface area contributed by atoms with Crippen LogP contribution in [-0.2, 0) is 10.0 Å². The van der Waals surface area contributed by atoms with Crippen molar-refractivity contribution < 1.29 is 8.42 Å². The molecule has 0 aliphatic carbocycles. The summed E-state index contributed by atoms with van der Waals surface area (Å²) in [6.07, 6.45) is 1.15. The minimum atomic E-state index is -3.11. The molecule has 1 unspecified atom stereocenters. The molecule has 102 valence electrons. The Labute approximate surface area is 125 Å². The minimum absolute atomic E-state index is 0.147. The Bertz CT molecular complexity index is 506. The highest BCUT2D eigenvalue weighted by Gasteiger charge is 2.09. The van der Waals surface area contributed by atoms with E-state index in [0.717, 1.165) is 20.8 Å². The summed E-state index contributed by atoms with van der Waals surface area (Å²) < 4.78 is 26.3. The Balaban J connectivity index is 2.48. The van der Waals surface area contributed by atoms with Crippen molar-refractivity contribution in [2.75, 3.05) is 19.3 Å². The second kappa shape index (κ2) is 7.00. The van der Waals surface area contributed by atoms with E-state index in [2.05, 4.69) is 41.9 Å². The van der Waals surface area contributed by atoms with Crippen molar-refractivity contribution in [3.8, 4) is 0 Å². The van der Waals surface area contributed by atoms with E-state index in [1.54, 1.807) is 0 Å². The van der Waals surface area contributed by atoms with Crippen molar-refractivity contribution in [2.45, 2.75) is 13.0 Å². The summed E-state index contributed by atoms with van der Waals surface area (Å²) in [5, 5.41) is 3.26. The van der Waals surface area contributed by atoms with Crippen LogP contribution in [0.3, 0.4) is 0 Å². The topological polar surface area (TPSA) is 58.2 Å². The monoisotopic (exact) mass is 398 g/mol. The van der Waals surface area contributed by atoms with Gasteiger partial charge in [-0.25, -0.2) is 13.1 Å². The van der Waals surface area contributed by atoms with Gasteiger partial charge in [0, 0.05) is 28.1 Å². The molecule has 1 aromatic rings. The molecule has 2 N–H and O–H groups in total. The van der Waals surface area contributed by atoms with E-state index in [4.69, 9.17) is 0 Å². The summed E-state index contributed by atoms with van der Waals surface area (Å²) in [6.45, 7) is 3.00. The van der Waals surface area contributed by atoms with Gasteiger partial charge in [-0.2, -0.15) is 0 Å². The van der Waals surface area contributed by atoms with E-state index >= 15 is 0 Å². The smallest absolute Gasteiger partial charge is 0.208 e. The molecule has 0 saturated heterocycles. The molecule has 1 rings (SSSR count). The fourth-order valence-corrected chi connectivity index (χ4v) is 3.35. The fourth-order valence-electron chi connectivity index (χ4n) is 1.49. The zero-order valence-electron chi connectivity index (χ0n) is 10.2. The van der Waals surface area contributed by atoms with Gasteiger partial charge in [0.2, 0.25) is 10.0 Å². The van der Waals surface area contributed by atoms with Crippen molar-refractivity contribution in [3.63, 3.8) is 0 Å². The third-order valence-corrected chi connectivity index (χ3v) is 4.28. The second-order valence-electron chi connectivity index (χ2n) is 4.01. The summed E-state index contributed by atoms with van der Waals surface area (Å²) in [5.74, 6) is 0. The van der Waals surface area contributed by atoms with Gasteiger partial charge in [-0.3, -0.25) is 0 Å². The number of nitrogens with one attached hydrogen (secondary N) is 2. The minimum Gasteiger partial charge on any atom is -0.309 e. The Kier molecular flexibility index (Phi) is 6.26. The quantitative estimate of drug-likeness (QED) is 0.722. The summed E-state index contributed by atoms with van der Waals surface area (Å²) in [6, 6.07) is 6.14. The molecular weight excluding hydrogens is 384 g/mol. The van der Waals surface area contributed by atoms with Crippen LogP contribution in [0, 0.1) is 0 Å². The van der Waals surface area contributed by atoms with E-state index in [1.807, 2.05) is 25.1 Å². The van der Waals surface area contributed by atoms with Gasteiger partial charge in [0.05, 0.1) is 6.26 Å². The summed E-state index contributed by atoms with van der Waals surface area (Å²) in [5.41, 5.74) is 1.14. The maximum atomic E-state index is 10.9. The SMILES string of the molecule is CC(NCCNS(C)(=O)=O)c1ccc(Br)cc1Br. The van der Waals surface area contributed by atoms with Crippen LogP contribution in [0.1, 0.15) is 18.5 Å². The lowest BCUT2D eigenvalue weighted by atomic mass is 10.1. The van der Waals surface area contributed by atoms with Gasteiger partial charge in [-0.15, -0.1) is 0 Å². The van der Waals surface area contributed by atoms with Gasteiger partial charge in [0.25, 0.3) is 0 Å². The first-order valence-corrected chi connectivity index (χ1v) is 8.90. The van der Waals surface area contributed by atoms with Crippen LogP contribution in [0.15, 0.2) is 27.1 Å². The molecule has 1 aromatic carbocycles. The van der Waals surface area contributed by atoms with Gasteiger partial charge in [-0.1, -0.05) is 37.9 Å². The van der Waals surface area contributed by atoms with Crippen LogP contribution in [0.5, 0.6) is 0 Å². The predicted molar refractivity (Wildman–Crippen MR) is 81.1 cm³/mol. The summed E-state index contributed by atoms with van der Waals surface area (Å²) in [4.78, 5) is 0. The number of halogens is 2. The van der Waals surface area contributed by atoms with Crippen LogP contribution < -0.4 is 10.0 Å². The molecule has 0 radical (unpaired) electrons. The van der Waals surface area contributed by atoms with Gasteiger partial charge in [0.15, 0.2) is 0 Å². The third kappa shape index (κ3) is 5.79. The van der Waals surface area contributed by atoms with Crippen molar-refractivity contribution in [1.82, 2.24) is 10.0 Å². The molecule has 0 aliphatic rings. The maximum absolute atomic E-state index is 10.9. The van der Waals surface area contributed by atoms with Crippen molar-refractivity contribution in [1.29, 1.82) is 0 Å². The molecule has 1 atom stereocenters. The lowest BCUT2D eigenvalue weighted by Crippen LogP contribution is -2.32. The Hall–Kier alpha value is 0.0500. The van der Waals surface area contributed by atoms with Crippen LogP contribution in [0.2, 0.25) is 0 Å². The maximum Gasteiger partial charge on any atom is 0.208 e. The Morgan fingerprint density at radius 1 is 1.28 bits per heavy atom. The van der Waals surface area contributed by atoms with Crippen LogP contribution in [0.4, 0.5) is 0 Å². The summed E-state index contributed by atoms with van der Waals surface area (Å²) in [7, 11) is -3.11. The highest BCUT2D eigenvalue weighted by atomic mass is 79.9. The molecule has 0 amide bonds. The average Bonchev–Trinajstić information content (AvgIpc) is 2.22. The number of sulfonamides is 1. The largest absolute Gasteiger partial charge is 0.309 e. The molecular formula is C11H16Br2N2O2S. The molecule has 0 fully saturated rings. The number of rotatable bonds is 6. The molecule has 0 bridgehead atoms. The third-order valence-electron chi connectivity index (χ3n) is 2.37. The van der Waals surface area contributed by atoms with Gasteiger partial charge in [0.1, 0.15) is 0 Å². The van der Waals surface area contributed by atoms with E-state index in [-0.39, 0.29) is 6.04 Å². The highest BCUT2D eigenvalue weighted by molar-refractivity contribution is 9.11. The average molecular weight is 400 g/mol. The van der Waals surface area contributed by atoms with E-state index in [9.17, 15) is 8.42 Å². The predicted octanol–water partition coefficient (Wildman–Crippen LogP) is 2.41. The van der Waals surface area contributed by atoms with Crippen molar-refractivity contribution in [2.24, 2.45) is 0 Å². The number of hydrogen-bond acceptors (Lipinski definition) is 3. The van der Waals surface area contributed by atoms with Crippen LogP contribution in [-0.4, -0.2) is 27.8 Å². The molecule has 0 aliphatic heterocycles. The first-order valence-electron chi connectivity index (χ1n) is 5.42. The molecule has 4 nitrogen and oxygen atoms in total.